The number of aliphatic hydroxyl groups excluding tert-OH is 1. The van der Waals surface area contributed by atoms with Crippen molar-refractivity contribution < 1.29 is 33.3 Å². The average Bonchev–Trinajstić information content (AvgIpc) is 3.70. The summed E-state index contributed by atoms with van der Waals surface area (Å²) in [4.78, 5) is 30.4. The van der Waals surface area contributed by atoms with Gasteiger partial charge in [0.15, 0.2) is 29.1 Å². The van der Waals surface area contributed by atoms with Gasteiger partial charge in [-0.2, -0.15) is 0 Å². The zero-order valence-corrected chi connectivity index (χ0v) is 32.0. The van der Waals surface area contributed by atoms with Gasteiger partial charge >= 0.3 is 0 Å². The van der Waals surface area contributed by atoms with Crippen LogP contribution in [0.2, 0.25) is 0 Å². The number of benzene rings is 3. The average molecular weight is 746 g/mol. The van der Waals surface area contributed by atoms with Crippen LogP contribution in [0.25, 0.3) is 0 Å². The Morgan fingerprint density at radius 2 is 1.51 bits per heavy atom. The monoisotopic (exact) mass is 745 g/mol. The van der Waals surface area contributed by atoms with Crippen LogP contribution >= 0.6 is 0 Å². The smallest absolute Gasteiger partial charge is 0.193 e. The number of hydrogen-bond donors (Lipinski definition) is 1. The van der Waals surface area contributed by atoms with Gasteiger partial charge in [0, 0.05) is 29.1 Å². The van der Waals surface area contributed by atoms with E-state index in [0.717, 1.165) is 48.2 Å². The number of allylic oxidation sites excluding steroid dienone is 4. The minimum atomic E-state index is -2.03. The summed E-state index contributed by atoms with van der Waals surface area (Å²) in [5, 5.41) is 12.2. The largest absolute Gasteiger partial charge is 0.390 e. The number of Topliss-reactive ketones (excluding diaryl/α,β-unsaturated/α-hetero) is 1. The number of hydrogen-bond acceptors (Lipinski definition) is 7. The minimum Gasteiger partial charge on any atom is -0.390 e. The predicted octanol–water partition coefficient (Wildman–Crippen LogP) is 7.37. The van der Waals surface area contributed by atoms with E-state index in [-0.39, 0.29) is 42.9 Å². The molecule has 0 bridgehead atoms. The molecule has 0 spiro atoms. The topological polar surface area (TPSA) is 85.3 Å². The molecule has 55 heavy (non-hydrogen) atoms. The summed E-state index contributed by atoms with van der Waals surface area (Å²) in [6, 6.07) is 30.0. The molecule has 7 nitrogen and oxygen atoms in total. The summed E-state index contributed by atoms with van der Waals surface area (Å²) < 4.78 is 39.5. The first-order valence-corrected chi connectivity index (χ1v) is 20.1. The van der Waals surface area contributed by atoms with Crippen molar-refractivity contribution in [2.45, 2.75) is 87.7 Å². The first kappa shape index (κ1) is 36.8. The Morgan fingerprint density at radius 1 is 0.927 bits per heavy atom. The van der Waals surface area contributed by atoms with Gasteiger partial charge in [-0.25, -0.2) is 4.39 Å². The Bertz CT molecular complexity index is 1900. The fourth-order valence-electron chi connectivity index (χ4n) is 11.9. The number of carbonyl (C=O) groups excluding carboxylic acids is 2. The molecule has 9 rings (SSSR count). The van der Waals surface area contributed by atoms with Crippen molar-refractivity contribution >= 4 is 11.6 Å². The van der Waals surface area contributed by atoms with Gasteiger partial charge in [0.2, 0.25) is 0 Å². The highest BCUT2D eigenvalue weighted by atomic mass is 19.1. The lowest BCUT2D eigenvalue weighted by molar-refractivity contribution is -0.233. The molecular weight excluding hydrogens is 694 g/mol. The van der Waals surface area contributed by atoms with Gasteiger partial charge in [0.05, 0.1) is 12.2 Å². The normalized spacial score (nSPS) is 37.4. The number of likely N-dealkylation sites (tertiary alicyclic amines) is 1. The molecule has 0 aromatic heterocycles. The molecule has 6 aliphatic rings. The van der Waals surface area contributed by atoms with Crippen molar-refractivity contribution in [3.8, 4) is 0 Å². The van der Waals surface area contributed by atoms with Gasteiger partial charge in [0.1, 0.15) is 12.2 Å². The van der Waals surface area contributed by atoms with Crippen molar-refractivity contribution in [2.75, 3.05) is 26.7 Å². The van der Waals surface area contributed by atoms with E-state index in [1.54, 1.807) is 6.08 Å². The van der Waals surface area contributed by atoms with E-state index < -0.39 is 52.1 Å². The van der Waals surface area contributed by atoms with Crippen LogP contribution < -0.4 is 0 Å². The molecule has 3 aromatic rings. The van der Waals surface area contributed by atoms with Gasteiger partial charge in [-0.05, 0) is 87.8 Å². The van der Waals surface area contributed by atoms with E-state index in [2.05, 4.69) is 11.9 Å². The van der Waals surface area contributed by atoms with Gasteiger partial charge in [0.25, 0.3) is 0 Å². The Hall–Kier alpha value is -3.79. The van der Waals surface area contributed by atoms with Crippen LogP contribution in [0.4, 0.5) is 4.39 Å². The number of ketones is 2. The maximum Gasteiger partial charge on any atom is 0.193 e. The van der Waals surface area contributed by atoms with E-state index >= 15 is 9.18 Å². The third-order valence-electron chi connectivity index (χ3n) is 14.9. The van der Waals surface area contributed by atoms with Crippen LogP contribution in [0.5, 0.6) is 0 Å². The fourth-order valence-corrected chi connectivity index (χ4v) is 11.9. The van der Waals surface area contributed by atoms with Crippen molar-refractivity contribution in [1.82, 2.24) is 4.90 Å². The highest BCUT2D eigenvalue weighted by Gasteiger charge is 2.79. The summed E-state index contributed by atoms with van der Waals surface area (Å²) in [5.74, 6) is -1.15. The third-order valence-corrected chi connectivity index (χ3v) is 14.9. The van der Waals surface area contributed by atoms with Crippen LogP contribution in [0, 0.1) is 28.6 Å². The van der Waals surface area contributed by atoms with Gasteiger partial charge in [-0.3, -0.25) is 9.59 Å². The number of piperidine rings is 1. The molecular formula is C47H52FNO6. The van der Waals surface area contributed by atoms with E-state index in [1.807, 2.05) is 111 Å². The number of rotatable bonds is 8. The maximum atomic E-state index is 18.2. The van der Waals surface area contributed by atoms with Crippen molar-refractivity contribution in [2.24, 2.45) is 28.6 Å². The molecule has 288 valence electrons. The second-order valence-electron chi connectivity index (χ2n) is 17.5. The second-order valence-corrected chi connectivity index (χ2v) is 17.5. The zero-order valence-electron chi connectivity index (χ0n) is 32.0. The molecule has 1 N–H and O–H groups in total. The molecule has 8 heteroatoms. The highest BCUT2D eigenvalue weighted by Crippen LogP contribution is 2.71. The fraction of sp³-hybridized carbons (Fsp3) is 0.489. The Balaban J connectivity index is 1.13. The van der Waals surface area contributed by atoms with Gasteiger partial charge < -0.3 is 24.2 Å². The van der Waals surface area contributed by atoms with E-state index in [1.165, 1.54) is 6.08 Å². The Kier molecular flexibility index (Phi) is 8.98. The van der Waals surface area contributed by atoms with Crippen LogP contribution in [-0.2, 0) is 29.4 Å². The summed E-state index contributed by atoms with van der Waals surface area (Å²) >= 11 is 0. The first-order valence-electron chi connectivity index (χ1n) is 20.1. The molecule has 1 unspecified atom stereocenters. The quantitative estimate of drug-likeness (QED) is 0.191. The van der Waals surface area contributed by atoms with E-state index in [4.69, 9.17) is 14.2 Å². The number of carbonyl (C=O) groups is 2. The van der Waals surface area contributed by atoms with E-state index in [9.17, 15) is 9.90 Å². The first-order chi connectivity index (χ1) is 26.5. The van der Waals surface area contributed by atoms with Crippen molar-refractivity contribution in [3.05, 3.63) is 131 Å². The SMILES string of the molecule is CN1CCC(C2O[C@@H]3C[C@H]4[C@@H]5CC=C6CC(=O)C=C[C@]6(C)[C@@]5(F)[C@@H](O)C[C@]4(C)[C@]3(C(=O)COC(c3ccccc3)(c3ccccc3)c3ccccc3)O2)CC1. The molecule has 0 amide bonds. The van der Waals surface area contributed by atoms with Crippen LogP contribution in [0.3, 0.4) is 0 Å². The van der Waals surface area contributed by atoms with Crippen LogP contribution in [0.15, 0.2) is 115 Å². The molecule has 0 radical (unpaired) electrons. The standard InChI is InChI=1S/C47H52FNO6/c1-43-24-21-36(50)27-35(43)19-20-37-38-28-41-47(44(38,2)29-39(51)46(37,43)48,55-42(54-41)31-22-25-49(3)26-23-31)40(52)30-53-45(32-13-7-4-8-14-32,33-15-9-5-10-16-33)34-17-11-6-12-18-34/h4-19,21,24,31,37-39,41-42,51H,20,22-23,25-30H2,1-3H3/t37-,38-,39-,41+,42?,43-,44-,46-,47+/m0/s1. The molecule has 3 aromatic carbocycles. The third kappa shape index (κ3) is 5.24. The number of halogens is 1. The van der Waals surface area contributed by atoms with Crippen molar-refractivity contribution in [3.63, 3.8) is 0 Å². The number of fused-ring (bicyclic) bond motifs is 7. The number of aliphatic hydroxyl groups is 1. The zero-order chi connectivity index (χ0) is 38.2. The summed E-state index contributed by atoms with van der Waals surface area (Å²) in [6.07, 6.45) is 5.25. The predicted molar refractivity (Wildman–Crippen MR) is 207 cm³/mol. The summed E-state index contributed by atoms with van der Waals surface area (Å²) in [7, 11) is 2.11. The second kappa shape index (κ2) is 13.4. The Labute approximate surface area is 323 Å². The molecule has 2 saturated heterocycles. The lowest BCUT2D eigenvalue weighted by atomic mass is 9.45. The lowest BCUT2D eigenvalue weighted by Crippen LogP contribution is -2.69. The maximum absolute atomic E-state index is 18.2. The van der Waals surface area contributed by atoms with Crippen LogP contribution in [-0.4, -0.2) is 78.1 Å². The lowest BCUT2D eigenvalue weighted by Gasteiger charge is -2.62. The van der Waals surface area contributed by atoms with Crippen LogP contribution in [0.1, 0.15) is 69.1 Å². The Morgan fingerprint density at radius 3 is 2.09 bits per heavy atom. The summed E-state index contributed by atoms with van der Waals surface area (Å²) in [5.41, 5.74) is -3.39. The number of alkyl halides is 1. The number of nitrogens with zero attached hydrogens (tertiary/aromatic N) is 1. The van der Waals surface area contributed by atoms with Gasteiger partial charge in [-0.1, -0.05) is 116 Å². The molecule has 2 heterocycles. The molecule has 2 aliphatic heterocycles. The number of ether oxygens (including phenoxy) is 3. The summed E-state index contributed by atoms with van der Waals surface area (Å²) in [6.45, 7) is 5.37. The molecule has 2 saturated carbocycles. The molecule has 9 atom stereocenters. The highest BCUT2D eigenvalue weighted by molar-refractivity contribution is 5.94. The van der Waals surface area contributed by atoms with E-state index in [0.29, 0.717) is 12.8 Å². The van der Waals surface area contributed by atoms with Crippen molar-refractivity contribution in [1.29, 1.82) is 0 Å². The van der Waals surface area contributed by atoms with Gasteiger partial charge in [-0.15, -0.1) is 0 Å². The minimum absolute atomic E-state index is 0.0161. The molecule has 4 aliphatic carbocycles. The molecule has 4 fully saturated rings.